The molecule has 2 heterocycles. The molecule has 1 unspecified atom stereocenters. The quantitative estimate of drug-likeness (QED) is 0.407. The standard InChI is InChI=1S/C23H19Cl2F4N3O2/c1-21(4-5-21)30-20(33)12-2-3-13-10-32(11-14(13)6-12)18-9-22(34-31-18,23(27,28)29)15-7-16(24)19(26)17(25)8-15/h2-3,6-8H,4-5,9-11H2,1H3,(H,30,33). The van der Waals surface area contributed by atoms with Gasteiger partial charge in [-0.25, -0.2) is 4.39 Å². The fraction of sp³-hybridized carbons (Fsp3) is 0.391. The zero-order valence-corrected chi connectivity index (χ0v) is 19.4. The minimum absolute atomic E-state index is 0.0848. The molecule has 11 heteroatoms. The minimum atomic E-state index is -4.88. The smallest absolute Gasteiger partial charge is 0.372 e. The fourth-order valence-corrected chi connectivity index (χ4v) is 4.71. The van der Waals surface area contributed by atoms with Crippen molar-refractivity contribution < 1.29 is 27.2 Å². The summed E-state index contributed by atoms with van der Waals surface area (Å²) in [6, 6.07) is 6.98. The Hall–Kier alpha value is -2.52. The Balaban J connectivity index is 1.37. The minimum Gasteiger partial charge on any atom is -0.372 e. The summed E-state index contributed by atoms with van der Waals surface area (Å²) < 4.78 is 56.5. The highest BCUT2D eigenvalue weighted by atomic mass is 35.5. The molecule has 1 fully saturated rings. The van der Waals surface area contributed by atoms with Crippen molar-refractivity contribution in [2.24, 2.45) is 5.16 Å². The van der Waals surface area contributed by atoms with Gasteiger partial charge in [-0.05, 0) is 55.2 Å². The van der Waals surface area contributed by atoms with Crippen LogP contribution in [0.1, 0.15) is 53.2 Å². The molecule has 34 heavy (non-hydrogen) atoms. The molecule has 1 aliphatic carbocycles. The number of halogens is 6. The van der Waals surface area contributed by atoms with E-state index in [-0.39, 0.29) is 23.8 Å². The van der Waals surface area contributed by atoms with Crippen molar-refractivity contribution in [1.29, 1.82) is 0 Å². The molecule has 1 saturated carbocycles. The number of carbonyl (C=O) groups is 1. The van der Waals surface area contributed by atoms with Gasteiger partial charge in [-0.3, -0.25) is 4.79 Å². The van der Waals surface area contributed by atoms with Crippen molar-refractivity contribution in [3.63, 3.8) is 0 Å². The lowest BCUT2D eigenvalue weighted by Crippen LogP contribution is -2.44. The van der Waals surface area contributed by atoms with Gasteiger partial charge in [0.2, 0.25) is 0 Å². The number of benzene rings is 2. The number of hydrogen-bond donors (Lipinski definition) is 1. The molecule has 0 radical (unpaired) electrons. The predicted octanol–water partition coefficient (Wildman–Crippen LogP) is 5.92. The number of amidine groups is 1. The second-order valence-electron chi connectivity index (χ2n) is 9.21. The van der Waals surface area contributed by atoms with Crippen LogP contribution in [-0.2, 0) is 23.5 Å². The first kappa shape index (κ1) is 23.2. The SMILES string of the molecule is CC1(NC(=O)c2ccc3c(c2)CN(C2=NOC(c4cc(Cl)c(F)c(Cl)c4)(C(F)(F)F)C2)C3)CC1. The largest absolute Gasteiger partial charge is 0.435 e. The van der Waals surface area contributed by atoms with Crippen LogP contribution in [0.5, 0.6) is 0 Å². The van der Waals surface area contributed by atoms with E-state index >= 15 is 0 Å². The monoisotopic (exact) mass is 515 g/mol. The van der Waals surface area contributed by atoms with Crippen molar-refractivity contribution in [1.82, 2.24) is 10.2 Å². The van der Waals surface area contributed by atoms with Gasteiger partial charge in [0.05, 0.1) is 16.5 Å². The molecule has 0 spiro atoms. The van der Waals surface area contributed by atoms with Crippen LogP contribution < -0.4 is 5.32 Å². The normalized spacial score (nSPS) is 22.8. The molecule has 2 aromatic rings. The molecule has 1 N–H and O–H groups in total. The van der Waals surface area contributed by atoms with Gasteiger partial charge in [-0.15, -0.1) is 0 Å². The van der Waals surface area contributed by atoms with Crippen molar-refractivity contribution in [2.75, 3.05) is 0 Å². The van der Waals surface area contributed by atoms with E-state index < -0.39 is 39.6 Å². The summed E-state index contributed by atoms with van der Waals surface area (Å²) in [5, 5.41) is 5.67. The molecular formula is C23H19Cl2F4N3O2. The lowest BCUT2D eigenvalue weighted by molar-refractivity contribution is -0.275. The van der Waals surface area contributed by atoms with E-state index in [1.54, 1.807) is 23.1 Å². The van der Waals surface area contributed by atoms with Crippen molar-refractivity contribution in [3.8, 4) is 0 Å². The van der Waals surface area contributed by atoms with E-state index in [0.29, 0.717) is 12.1 Å². The molecular weight excluding hydrogens is 497 g/mol. The van der Waals surface area contributed by atoms with Crippen LogP contribution in [0.4, 0.5) is 17.6 Å². The molecule has 2 aromatic carbocycles. The zero-order chi connectivity index (χ0) is 24.5. The summed E-state index contributed by atoms with van der Waals surface area (Å²) in [5.74, 6) is -1.10. The third-order valence-electron chi connectivity index (χ3n) is 6.59. The lowest BCUT2D eigenvalue weighted by atomic mass is 9.89. The average Bonchev–Trinajstić information content (AvgIpc) is 3.17. The highest BCUT2D eigenvalue weighted by Gasteiger charge is 2.63. The van der Waals surface area contributed by atoms with Gasteiger partial charge in [0.1, 0.15) is 5.84 Å². The number of amides is 1. The molecule has 0 aromatic heterocycles. The van der Waals surface area contributed by atoms with Crippen LogP contribution in [0.15, 0.2) is 35.5 Å². The third kappa shape index (κ3) is 3.88. The van der Waals surface area contributed by atoms with Crippen molar-refractivity contribution in [2.45, 2.75) is 56.6 Å². The third-order valence-corrected chi connectivity index (χ3v) is 7.14. The number of alkyl halides is 3. The van der Waals surface area contributed by atoms with Crippen molar-refractivity contribution in [3.05, 3.63) is 68.4 Å². The van der Waals surface area contributed by atoms with Gasteiger partial charge in [-0.2, -0.15) is 13.2 Å². The van der Waals surface area contributed by atoms with Gasteiger partial charge in [0, 0.05) is 29.8 Å². The maximum atomic E-state index is 14.2. The summed E-state index contributed by atoms with van der Waals surface area (Å²) in [4.78, 5) is 19.2. The number of rotatable bonds is 3. The second kappa shape index (κ2) is 7.75. The summed E-state index contributed by atoms with van der Waals surface area (Å²) in [7, 11) is 0. The Labute approximate surface area is 202 Å². The Morgan fingerprint density at radius 1 is 1.12 bits per heavy atom. The van der Waals surface area contributed by atoms with Crippen molar-refractivity contribution >= 4 is 34.9 Å². The molecule has 0 saturated heterocycles. The van der Waals surface area contributed by atoms with Crippen LogP contribution >= 0.6 is 23.2 Å². The topological polar surface area (TPSA) is 53.9 Å². The lowest BCUT2D eigenvalue weighted by Gasteiger charge is -2.30. The highest BCUT2D eigenvalue weighted by molar-refractivity contribution is 6.35. The molecule has 2 aliphatic heterocycles. The number of carbonyl (C=O) groups excluding carboxylic acids is 1. The molecule has 180 valence electrons. The van der Waals surface area contributed by atoms with Crippen LogP contribution in [0.25, 0.3) is 0 Å². The number of fused-ring (bicyclic) bond motifs is 1. The van der Waals surface area contributed by atoms with Gasteiger partial charge in [0.25, 0.3) is 11.5 Å². The first-order chi connectivity index (χ1) is 15.9. The van der Waals surface area contributed by atoms with E-state index in [1.807, 2.05) is 6.92 Å². The first-order valence-corrected chi connectivity index (χ1v) is 11.3. The van der Waals surface area contributed by atoms with E-state index in [4.69, 9.17) is 28.0 Å². The zero-order valence-electron chi connectivity index (χ0n) is 17.9. The summed E-state index contributed by atoms with van der Waals surface area (Å²) in [5.41, 5.74) is -1.23. The Morgan fingerprint density at radius 3 is 2.38 bits per heavy atom. The molecule has 5 nitrogen and oxygen atoms in total. The summed E-state index contributed by atoms with van der Waals surface area (Å²) >= 11 is 11.5. The molecule has 1 atom stereocenters. The van der Waals surface area contributed by atoms with Gasteiger partial charge >= 0.3 is 6.18 Å². The fourth-order valence-electron chi connectivity index (χ4n) is 4.22. The van der Waals surface area contributed by atoms with Crippen LogP contribution in [0.3, 0.4) is 0 Å². The van der Waals surface area contributed by atoms with Gasteiger partial charge < -0.3 is 15.1 Å². The second-order valence-corrected chi connectivity index (χ2v) is 10.0. The van der Waals surface area contributed by atoms with Crippen LogP contribution in [0.2, 0.25) is 10.0 Å². The predicted molar refractivity (Wildman–Crippen MR) is 118 cm³/mol. The molecule has 0 bridgehead atoms. The Morgan fingerprint density at radius 2 is 1.76 bits per heavy atom. The van der Waals surface area contributed by atoms with E-state index in [1.165, 1.54) is 0 Å². The van der Waals surface area contributed by atoms with E-state index in [9.17, 15) is 22.4 Å². The summed E-state index contributed by atoms with van der Waals surface area (Å²) in [6.45, 7) is 2.57. The number of oxime groups is 1. The average molecular weight is 516 g/mol. The van der Waals surface area contributed by atoms with Crippen LogP contribution in [-0.4, -0.2) is 28.4 Å². The van der Waals surface area contributed by atoms with Gasteiger partial charge in [0.15, 0.2) is 5.82 Å². The molecule has 1 amide bonds. The highest BCUT2D eigenvalue weighted by Crippen LogP contribution is 2.50. The maximum Gasteiger partial charge on any atom is 0.435 e. The summed E-state index contributed by atoms with van der Waals surface area (Å²) in [6.07, 6.45) is -3.64. The van der Waals surface area contributed by atoms with E-state index in [0.717, 1.165) is 36.1 Å². The van der Waals surface area contributed by atoms with Crippen LogP contribution in [0, 0.1) is 5.82 Å². The number of nitrogens with one attached hydrogen (secondary N) is 1. The van der Waals surface area contributed by atoms with E-state index in [2.05, 4.69) is 10.5 Å². The number of hydrogen-bond acceptors (Lipinski definition) is 4. The molecule has 5 rings (SSSR count). The molecule has 3 aliphatic rings. The van der Waals surface area contributed by atoms with Gasteiger partial charge in [-0.1, -0.05) is 34.4 Å². The Bertz CT molecular complexity index is 1210. The first-order valence-electron chi connectivity index (χ1n) is 10.6. The maximum absolute atomic E-state index is 14.2. The number of nitrogens with zero attached hydrogens (tertiary/aromatic N) is 2. The Kier molecular flexibility index (Phi) is 5.29.